The molecule has 4 rings (SSSR count). The van der Waals surface area contributed by atoms with Crippen LogP contribution in [0.1, 0.15) is 0 Å². The average molecular weight is 338 g/mol. The Morgan fingerprint density at radius 2 is 1.71 bits per heavy atom. The third-order valence-electron chi connectivity index (χ3n) is 4.05. The molecule has 2 aromatic heterocycles. The van der Waals surface area contributed by atoms with Gasteiger partial charge < -0.3 is 13.9 Å². The summed E-state index contributed by atoms with van der Waals surface area (Å²) in [6.45, 7) is 0. The second-order valence-electron chi connectivity index (χ2n) is 5.33. The lowest BCUT2D eigenvalue weighted by Gasteiger charge is -2.09. The molecular weight excluding hydrogens is 324 g/mol. The Bertz CT molecular complexity index is 1110. The van der Waals surface area contributed by atoms with E-state index in [1.54, 1.807) is 37.7 Å². The number of hydrogen-bond donors (Lipinski definition) is 0. The van der Waals surface area contributed by atoms with Gasteiger partial charge in [-0.2, -0.15) is 0 Å². The molecule has 2 aromatic carbocycles. The predicted octanol–water partition coefficient (Wildman–Crippen LogP) is 4.69. The Morgan fingerprint density at radius 1 is 0.958 bits per heavy atom. The van der Waals surface area contributed by atoms with Gasteiger partial charge in [0.1, 0.15) is 11.8 Å². The van der Waals surface area contributed by atoms with Crippen molar-refractivity contribution in [1.82, 2.24) is 0 Å². The van der Waals surface area contributed by atoms with Crippen molar-refractivity contribution in [3.05, 3.63) is 58.3 Å². The molecule has 0 saturated heterocycles. The Morgan fingerprint density at radius 3 is 2.50 bits per heavy atom. The van der Waals surface area contributed by atoms with Gasteiger partial charge in [-0.25, -0.2) is 0 Å². The Kier molecular flexibility index (Phi) is 3.50. The van der Waals surface area contributed by atoms with Crippen molar-refractivity contribution < 1.29 is 13.9 Å². The molecule has 0 fully saturated rings. The van der Waals surface area contributed by atoms with E-state index >= 15 is 0 Å². The monoisotopic (exact) mass is 338 g/mol. The highest BCUT2D eigenvalue weighted by molar-refractivity contribution is 7.17. The summed E-state index contributed by atoms with van der Waals surface area (Å²) in [5, 5.41) is 3.51. The average Bonchev–Trinajstić information content (AvgIpc) is 3.05. The fourth-order valence-electron chi connectivity index (χ4n) is 2.83. The Hall–Kier alpha value is -2.79. The predicted molar refractivity (Wildman–Crippen MR) is 96.4 cm³/mol. The molecule has 120 valence electrons. The second-order valence-corrected chi connectivity index (χ2v) is 6.24. The summed E-state index contributed by atoms with van der Waals surface area (Å²) in [6.07, 6.45) is 1.52. The lowest BCUT2D eigenvalue weighted by atomic mass is 10.0. The van der Waals surface area contributed by atoms with Crippen molar-refractivity contribution in [2.75, 3.05) is 14.2 Å². The maximum Gasteiger partial charge on any atom is 0.200 e. The van der Waals surface area contributed by atoms with Crippen LogP contribution in [0.4, 0.5) is 0 Å². The van der Waals surface area contributed by atoms with Crippen LogP contribution in [0.15, 0.2) is 57.3 Å². The molecule has 4 nitrogen and oxygen atoms in total. The highest BCUT2D eigenvalue weighted by atomic mass is 32.1. The maximum atomic E-state index is 13.0. The van der Waals surface area contributed by atoms with E-state index in [-0.39, 0.29) is 5.43 Å². The second kappa shape index (κ2) is 5.69. The molecule has 2 heterocycles. The van der Waals surface area contributed by atoms with E-state index in [1.807, 2.05) is 29.6 Å². The zero-order valence-corrected chi connectivity index (χ0v) is 14.0. The fourth-order valence-corrected chi connectivity index (χ4v) is 3.79. The normalized spacial score (nSPS) is 11.1. The zero-order chi connectivity index (χ0) is 16.7. The molecule has 0 N–H and O–H groups in total. The number of thiophene rings is 1. The van der Waals surface area contributed by atoms with Crippen molar-refractivity contribution in [2.24, 2.45) is 0 Å². The van der Waals surface area contributed by atoms with Crippen LogP contribution < -0.4 is 14.9 Å². The van der Waals surface area contributed by atoms with Crippen LogP contribution in [0.25, 0.3) is 32.2 Å². The summed E-state index contributed by atoms with van der Waals surface area (Å²) >= 11 is 1.61. The lowest BCUT2D eigenvalue weighted by Crippen LogP contribution is -2.05. The molecule has 0 aliphatic rings. The largest absolute Gasteiger partial charge is 0.493 e. The van der Waals surface area contributed by atoms with Gasteiger partial charge in [0.25, 0.3) is 0 Å². The first-order chi connectivity index (χ1) is 11.7. The summed E-state index contributed by atoms with van der Waals surface area (Å²) in [5.74, 6) is 1.03. The van der Waals surface area contributed by atoms with E-state index in [2.05, 4.69) is 0 Å². The van der Waals surface area contributed by atoms with Gasteiger partial charge in [0.05, 0.1) is 25.2 Å². The standard InChI is InChI=1S/C19H14O4S/c1-21-16-7-12-15(8-17(16)22-2)23-9-13(19(12)20)14-10-24-18-6-4-3-5-11(14)18/h3-10H,1-2H3. The topological polar surface area (TPSA) is 48.7 Å². The summed E-state index contributed by atoms with van der Waals surface area (Å²) in [7, 11) is 3.09. The van der Waals surface area contributed by atoms with E-state index in [0.717, 1.165) is 15.6 Å². The molecule has 5 heteroatoms. The minimum absolute atomic E-state index is 0.0826. The summed E-state index contributed by atoms with van der Waals surface area (Å²) < 4.78 is 17.4. The third kappa shape index (κ3) is 2.17. The first-order valence-electron chi connectivity index (χ1n) is 7.37. The highest BCUT2D eigenvalue weighted by Gasteiger charge is 2.15. The van der Waals surface area contributed by atoms with Gasteiger partial charge >= 0.3 is 0 Å². The van der Waals surface area contributed by atoms with Crippen LogP contribution in [-0.2, 0) is 0 Å². The fraction of sp³-hybridized carbons (Fsp3) is 0.105. The molecule has 0 unspecified atom stereocenters. The molecule has 24 heavy (non-hydrogen) atoms. The van der Waals surface area contributed by atoms with Gasteiger partial charge in [-0.15, -0.1) is 11.3 Å². The smallest absolute Gasteiger partial charge is 0.200 e. The number of hydrogen-bond acceptors (Lipinski definition) is 5. The quantitative estimate of drug-likeness (QED) is 0.544. The molecule has 0 spiro atoms. The molecule has 0 amide bonds. The minimum atomic E-state index is -0.0826. The molecular formula is C19H14O4S. The van der Waals surface area contributed by atoms with Crippen molar-refractivity contribution in [3.63, 3.8) is 0 Å². The number of fused-ring (bicyclic) bond motifs is 2. The third-order valence-corrected chi connectivity index (χ3v) is 5.01. The molecule has 0 radical (unpaired) electrons. The molecule has 0 aliphatic carbocycles. The number of benzene rings is 2. The molecule has 0 atom stereocenters. The number of methoxy groups -OCH3 is 2. The van der Waals surface area contributed by atoms with Crippen molar-refractivity contribution >= 4 is 32.4 Å². The van der Waals surface area contributed by atoms with Crippen LogP contribution >= 0.6 is 11.3 Å². The first kappa shape index (κ1) is 14.8. The summed E-state index contributed by atoms with van der Waals surface area (Å²) in [6, 6.07) is 11.3. The highest BCUT2D eigenvalue weighted by Crippen LogP contribution is 2.35. The Balaban J connectivity index is 2.01. The lowest BCUT2D eigenvalue weighted by molar-refractivity contribution is 0.355. The van der Waals surface area contributed by atoms with E-state index < -0.39 is 0 Å². The van der Waals surface area contributed by atoms with Gasteiger partial charge in [0.2, 0.25) is 5.43 Å². The van der Waals surface area contributed by atoms with Crippen LogP contribution in [0.3, 0.4) is 0 Å². The maximum absolute atomic E-state index is 13.0. The van der Waals surface area contributed by atoms with Crippen molar-refractivity contribution in [2.45, 2.75) is 0 Å². The molecule has 0 saturated carbocycles. The molecule has 0 aliphatic heterocycles. The van der Waals surface area contributed by atoms with Gasteiger partial charge in [-0.1, -0.05) is 18.2 Å². The molecule has 0 bridgehead atoms. The van der Waals surface area contributed by atoms with Gasteiger partial charge in [0, 0.05) is 27.1 Å². The van der Waals surface area contributed by atoms with Crippen LogP contribution in [-0.4, -0.2) is 14.2 Å². The zero-order valence-electron chi connectivity index (χ0n) is 13.2. The van der Waals surface area contributed by atoms with Gasteiger partial charge in [-0.05, 0) is 12.1 Å². The number of rotatable bonds is 3. The Labute approximate surface area is 141 Å². The van der Waals surface area contributed by atoms with Crippen molar-refractivity contribution in [1.29, 1.82) is 0 Å². The van der Waals surface area contributed by atoms with E-state index in [1.165, 1.54) is 6.26 Å². The van der Waals surface area contributed by atoms with Crippen LogP contribution in [0, 0.1) is 0 Å². The van der Waals surface area contributed by atoms with Crippen LogP contribution in [0.5, 0.6) is 11.5 Å². The van der Waals surface area contributed by atoms with E-state index in [0.29, 0.717) is 28.0 Å². The van der Waals surface area contributed by atoms with E-state index in [4.69, 9.17) is 13.9 Å². The SMILES string of the molecule is COc1cc2occ(-c3csc4ccccc34)c(=O)c2cc1OC. The van der Waals surface area contributed by atoms with Crippen LogP contribution in [0.2, 0.25) is 0 Å². The summed E-state index contributed by atoms with van der Waals surface area (Å²) in [5.41, 5.74) is 1.83. The van der Waals surface area contributed by atoms with Gasteiger partial charge in [0.15, 0.2) is 11.5 Å². The minimum Gasteiger partial charge on any atom is -0.493 e. The first-order valence-corrected chi connectivity index (χ1v) is 8.25. The van der Waals surface area contributed by atoms with Crippen molar-refractivity contribution in [3.8, 4) is 22.6 Å². The number of ether oxygens (including phenoxy) is 2. The van der Waals surface area contributed by atoms with E-state index in [9.17, 15) is 4.79 Å². The summed E-state index contributed by atoms with van der Waals surface area (Å²) in [4.78, 5) is 13.0. The molecule has 4 aromatic rings. The van der Waals surface area contributed by atoms with Gasteiger partial charge in [-0.3, -0.25) is 4.79 Å².